The van der Waals surface area contributed by atoms with Crippen molar-refractivity contribution in [3.05, 3.63) is 24.3 Å². The van der Waals surface area contributed by atoms with E-state index in [0.717, 1.165) is 44.5 Å². The number of hydrogen-bond acceptors (Lipinski definition) is 4. The van der Waals surface area contributed by atoms with E-state index in [1.54, 1.807) is 31.4 Å². The van der Waals surface area contributed by atoms with Crippen LogP contribution >= 0.6 is 0 Å². The first-order chi connectivity index (χ1) is 10.1. The van der Waals surface area contributed by atoms with Crippen molar-refractivity contribution >= 4 is 15.7 Å². The predicted molar refractivity (Wildman–Crippen MR) is 86.1 cm³/mol. The van der Waals surface area contributed by atoms with Crippen LogP contribution in [-0.4, -0.2) is 35.2 Å². The van der Waals surface area contributed by atoms with Gasteiger partial charge in [-0.2, -0.15) is 0 Å². The fourth-order valence-electron chi connectivity index (χ4n) is 1.86. The molecule has 1 rings (SSSR count). The zero-order valence-electron chi connectivity index (χ0n) is 12.9. The van der Waals surface area contributed by atoms with Crippen molar-refractivity contribution in [2.45, 2.75) is 37.5 Å². The Kier molecular flexibility index (Phi) is 8.34. The van der Waals surface area contributed by atoms with Crippen molar-refractivity contribution in [3.63, 3.8) is 0 Å². The van der Waals surface area contributed by atoms with Gasteiger partial charge < -0.3 is 10.1 Å². The topological polar surface area (TPSA) is 67.4 Å². The van der Waals surface area contributed by atoms with Gasteiger partial charge in [0.25, 0.3) is 0 Å². The molecule has 0 amide bonds. The molecule has 2 N–H and O–H groups in total. The SMILES string of the molecule is CCCNc1ccc(S(=O)(=O)NCCCCCOC)cc1. The molecule has 1 aromatic rings. The molecular formula is C15H26N2O3S. The molecule has 0 radical (unpaired) electrons. The lowest BCUT2D eigenvalue weighted by Crippen LogP contribution is -2.24. The van der Waals surface area contributed by atoms with Gasteiger partial charge >= 0.3 is 0 Å². The zero-order chi connectivity index (χ0) is 15.6. The molecule has 0 aliphatic rings. The van der Waals surface area contributed by atoms with Crippen LogP contribution in [0.2, 0.25) is 0 Å². The third-order valence-electron chi connectivity index (χ3n) is 3.06. The summed E-state index contributed by atoms with van der Waals surface area (Å²) < 4.78 is 31.8. The average molecular weight is 314 g/mol. The number of nitrogens with one attached hydrogen (secondary N) is 2. The first-order valence-corrected chi connectivity index (χ1v) is 8.91. The van der Waals surface area contributed by atoms with Crippen LogP contribution < -0.4 is 10.0 Å². The Morgan fingerprint density at radius 2 is 1.76 bits per heavy atom. The molecule has 0 saturated heterocycles. The number of methoxy groups -OCH3 is 1. The lowest BCUT2D eigenvalue weighted by molar-refractivity contribution is 0.192. The maximum Gasteiger partial charge on any atom is 0.240 e. The first kappa shape index (κ1) is 17.9. The summed E-state index contributed by atoms with van der Waals surface area (Å²) in [4.78, 5) is 0.307. The van der Waals surface area contributed by atoms with Gasteiger partial charge in [-0.05, 0) is 49.9 Å². The van der Waals surface area contributed by atoms with E-state index in [2.05, 4.69) is 17.0 Å². The molecular weight excluding hydrogens is 288 g/mol. The molecule has 0 fully saturated rings. The van der Waals surface area contributed by atoms with Crippen molar-refractivity contribution in [1.29, 1.82) is 0 Å². The highest BCUT2D eigenvalue weighted by atomic mass is 32.2. The zero-order valence-corrected chi connectivity index (χ0v) is 13.7. The Labute approximate surface area is 128 Å². The number of rotatable bonds is 11. The highest BCUT2D eigenvalue weighted by Gasteiger charge is 2.12. The summed E-state index contributed by atoms with van der Waals surface area (Å²) in [5.74, 6) is 0. The fraction of sp³-hybridized carbons (Fsp3) is 0.600. The highest BCUT2D eigenvalue weighted by molar-refractivity contribution is 7.89. The summed E-state index contributed by atoms with van der Waals surface area (Å²) in [6.45, 7) is 4.15. The first-order valence-electron chi connectivity index (χ1n) is 7.42. The van der Waals surface area contributed by atoms with Crippen LogP contribution in [0.4, 0.5) is 5.69 Å². The van der Waals surface area contributed by atoms with Crippen molar-refractivity contribution < 1.29 is 13.2 Å². The minimum atomic E-state index is -3.40. The van der Waals surface area contributed by atoms with Crippen molar-refractivity contribution in [2.24, 2.45) is 0 Å². The van der Waals surface area contributed by atoms with Gasteiger partial charge in [0, 0.05) is 32.5 Å². The lowest BCUT2D eigenvalue weighted by atomic mass is 10.2. The maximum atomic E-state index is 12.1. The molecule has 0 aliphatic heterocycles. The van der Waals surface area contributed by atoms with Gasteiger partial charge in [0.15, 0.2) is 0 Å². The molecule has 0 saturated carbocycles. The maximum absolute atomic E-state index is 12.1. The molecule has 0 atom stereocenters. The van der Waals surface area contributed by atoms with Crippen LogP contribution in [0.1, 0.15) is 32.6 Å². The summed E-state index contributed by atoms with van der Waals surface area (Å²) in [5.41, 5.74) is 0.940. The second kappa shape index (κ2) is 9.76. The second-order valence-electron chi connectivity index (χ2n) is 4.90. The van der Waals surface area contributed by atoms with Crippen LogP contribution in [0.3, 0.4) is 0 Å². The van der Waals surface area contributed by atoms with Gasteiger partial charge in [-0.1, -0.05) is 6.92 Å². The van der Waals surface area contributed by atoms with E-state index in [9.17, 15) is 8.42 Å². The molecule has 120 valence electrons. The third kappa shape index (κ3) is 6.93. The minimum Gasteiger partial charge on any atom is -0.385 e. The smallest absolute Gasteiger partial charge is 0.240 e. The van der Waals surface area contributed by atoms with Crippen molar-refractivity contribution in [3.8, 4) is 0 Å². The van der Waals surface area contributed by atoms with Gasteiger partial charge in [0.2, 0.25) is 10.0 Å². The Hall–Kier alpha value is -1.11. The molecule has 0 heterocycles. The van der Waals surface area contributed by atoms with E-state index in [0.29, 0.717) is 11.4 Å². The summed E-state index contributed by atoms with van der Waals surface area (Å²) in [6, 6.07) is 6.85. The van der Waals surface area contributed by atoms with Crippen molar-refractivity contribution in [1.82, 2.24) is 4.72 Å². The number of ether oxygens (including phenoxy) is 1. The average Bonchev–Trinajstić information content (AvgIpc) is 2.49. The Morgan fingerprint density at radius 3 is 2.38 bits per heavy atom. The second-order valence-corrected chi connectivity index (χ2v) is 6.67. The lowest BCUT2D eigenvalue weighted by Gasteiger charge is -2.08. The van der Waals surface area contributed by atoms with Gasteiger partial charge in [-0.3, -0.25) is 0 Å². The molecule has 0 bridgehead atoms. The van der Waals surface area contributed by atoms with Crippen molar-refractivity contribution in [2.75, 3.05) is 32.1 Å². The van der Waals surface area contributed by atoms with Gasteiger partial charge in [-0.25, -0.2) is 13.1 Å². The molecule has 6 heteroatoms. The normalized spacial score (nSPS) is 11.5. The Bertz CT molecular complexity index is 486. The number of hydrogen-bond donors (Lipinski definition) is 2. The number of anilines is 1. The molecule has 0 unspecified atom stereocenters. The summed E-state index contributed by atoms with van der Waals surface area (Å²) in [6.07, 6.45) is 3.76. The standard InChI is InChI=1S/C15H26N2O3S/c1-3-11-16-14-7-9-15(10-8-14)21(18,19)17-12-5-4-6-13-20-2/h7-10,16-17H,3-6,11-13H2,1-2H3. The van der Waals surface area contributed by atoms with Crippen LogP contribution in [0, 0.1) is 0 Å². The Balaban J connectivity index is 2.42. The molecule has 0 aromatic heterocycles. The van der Waals surface area contributed by atoms with E-state index < -0.39 is 10.0 Å². The monoisotopic (exact) mass is 314 g/mol. The van der Waals surface area contributed by atoms with Crippen LogP contribution in [-0.2, 0) is 14.8 Å². The quantitative estimate of drug-likeness (QED) is 0.616. The Morgan fingerprint density at radius 1 is 1.05 bits per heavy atom. The number of unbranched alkanes of at least 4 members (excludes halogenated alkanes) is 2. The summed E-state index contributed by atoms with van der Waals surface area (Å²) >= 11 is 0. The van der Waals surface area contributed by atoms with Gasteiger partial charge in [0.05, 0.1) is 4.90 Å². The molecule has 0 aliphatic carbocycles. The van der Waals surface area contributed by atoms with Crippen LogP contribution in [0.25, 0.3) is 0 Å². The van der Waals surface area contributed by atoms with E-state index >= 15 is 0 Å². The molecule has 1 aromatic carbocycles. The minimum absolute atomic E-state index is 0.307. The van der Waals surface area contributed by atoms with Crippen LogP contribution in [0.15, 0.2) is 29.2 Å². The molecule has 5 nitrogen and oxygen atoms in total. The molecule has 0 spiro atoms. The van der Waals surface area contributed by atoms with Gasteiger partial charge in [-0.15, -0.1) is 0 Å². The number of sulfonamides is 1. The van der Waals surface area contributed by atoms with E-state index in [1.807, 2.05) is 0 Å². The van der Waals surface area contributed by atoms with E-state index in [1.165, 1.54) is 0 Å². The van der Waals surface area contributed by atoms with E-state index in [-0.39, 0.29) is 0 Å². The predicted octanol–water partition coefficient (Wildman–Crippen LogP) is 2.60. The fourth-order valence-corrected chi connectivity index (χ4v) is 2.93. The summed E-state index contributed by atoms with van der Waals surface area (Å²) in [5, 5.41) is 3.22. The number of benzene rings is 1. The van der Waals surface area contributed by atoms with Gasteiger partial charge in [0.1, 0.15) is 0 Å². The van der Waals surface area contributed by atoms with E-state index in [4.69, 9.17) is 4.74 Å². The largest absolute Gasteiger partial charge is 0.385 e. The van der Waals surface area contributed by atoms with Crippen LogP contribution in [0.5, 0.6) is 0 Å². The third-order valence-corrected chi connectivity index (χ3v) is 4.54. The highest BCUT2D eigenvalue weighted by Crippen LogP contribution is 2.14. The summed E-state index contributed by atoms with van der Waals surface area (Å²) in [7, 11) is -1.73. The molecule has 21 heavy (non-hydrogen) atoms.